The van der Waals surface area contributed by atoms with Gasteiger partial charge in [-0.3, -0.25) is 14.4 Å². The third-order valence-corrected chi connectivity index (χ3v) is 11.1. The van der Waals surface area contributed by atoms with Gasteiger partial charge in [-0.25, -0.2) is 4.79 Å². The van der Waals surface area contributed by atoms with Crippen LogP contribution in [-0.4, -0.2) is 51.8 Å². The lowest BCUT2D eigenvalue weighted by Crippen LogP contribution is -2.30. The molecule has 0 atom stereocenters. The van der Waals surface area contributed by atoms with Crippen LogP contribution in [0, 0.1) is 27.7 Å². The van der Waals surface area contributed by atoms with Crippen LogP contribution in [-0.2, 0) is 44.3 Å². The van der Waals surface area contributed by atoms with Crippen molar-refractivity contribution < 1.29 is 23.5 Å². The van der Waals surface area contributed by atoms with E-state index < -0.39 is 5.97 Å². The number of nitrogens with one attached hydrogen (secondary N) is 2. The molecule has 0 aliphatic carbocycles. The van der Waals surface area contributed by atoms with Gasteiger partial charge in [-0.1, -0.05) is 54.1 Å². The number of hydrogen-bond donors (Lipinski definition) is 2. The van der Waals surface area contributed by atoms with E-state index >= 15 is 0 Å². The largest absolute Gasteiger partial charge is 0.494 e. The zero-order chi connectivity index (χ0) is 38.1. The number of fused-ring (bicyclic) bond motifs is 2. The van der Waals surface area contributed by atoms with E-state index in [4.69, 9.17) is 25.5 Å². The van der Waals surface area contributed by atoms with Crippen molar-refractivity contribution in [2.75, 3.05) is 20.3 Å². The van der Waals surface area contributed by atoms with Crippen LogP contribution in [0.2, 0.25) is 5.02 Å². The normalized spacial score (nSPS) is 12.9. The number of nitrogens with zero attached hydrogens (tertiary/aromatic N) is 3. The lowest BCUT2D eigenvalue weighted by molar-refractivity contribution is 0.0595. The number of hydrogen-bond acceptors (Lipinski definition) is 7. The maximum Gasteiger partial charge on any atom is 0.341 e. The summed E-state index contributed by atoms with van der Waals surface area (Å²) in [6, 6.07) is 20.1. The zero-order valence-electron chi connectivity index (χ0n) is 31.7. The van der Waals surface area contributed by atoms with Gasteiger partial charge >= 0.3 is 5.97 Å². The number of furan rings is 1. The van der Waals surface area contributed by atoms with Gasteiger partial charge in [-0.15, -0.1) is 0 Å². The number of carbonyl (C=O) groups is 2. The molecule has 4 heterocycles. The smallest absolute Gasteiger partial charge is 0.341 e. The van der Waals surface area contributed by atoms with Gasteiger partial charge in [0.05, 0.1) is 38.0 Å². The maximum absolute atomic E-state index is 14.1. The van der Waals surface area contributed by atoms with Crippen molar-refractivity contribution in [3.8, 4) is 16.9 Å². The predicted octanol–water partition coefficient (Wildman–Crippen LogP) is 8.33. The number of esters is 1. The molecule has 3 aromatic heterocycles. The molecule has 1 amide bonds. The van der Waals surface area contributed by atoms with Crippen LogP contribution < -0.4 is 10.1 Å². The molecule has 10 nitrogen and oxygen atoms in total. The Labute approximate surface area is 320 Å². The van der Waals surface area contributed by atoms with Gasteiger partial charge in [0.2, 0.25) is 0 Å². The quantitative estimate of drug-likeness (QED) is 0.0956. The van der Waals surface area contributed by atoms with Gasteiger partial charge in [0.15, 0.2) is 0 Å². The van der Waals surface area contributed by atoms with E-state index in [9.17, 15) is 9.59 Å². The first-order chi connectivity index (χ1) is 26.0. The highest BCUT2D eigenvalue weighted by Crippen LogP contribution is 2.36. The fourth-order valence-electron chi connectivity index (χ4n) is 7.65. The van der Waals surface area contributed by atoms with Crippen LogP contribution in [0.25, 0.3) is 22.0 Å². The maximum atomic E-state index is 14.1. The molecule has 6 aromatic rings. The molecule has 1 aliphatic heterocycles. The molecule has 2 N–H and O–H groups in total. The van der Waals surface area contributed by atoms with Crippen molar-refractivity contribution >= 4 is 34.4 Å². The van der Waals surface area contributed by atoms with Gasteiger partial charge in [-0.2, -0.15) is 5.10 Å². The first-order valence-electron chi connectivity index (χ1n) is 18.3. The molecular weight excluding hydrogens is 702 g/mol. The summed E-state index contributed by atoms with van der Waals surface area (Å²) >= 11 is 6.38. The highest BCUT2D eigenvalue weighted by atomic mass is 35.5. The van der Waals surface area contributed by atoms with Crippen LogP contribution in [0.5, 0.6) is 5.75 Å². The number of carbonyl (C=O) groups excluding carboxylic acids is 2. The zero-order valence-corrected chi connectivity index (χ0v) is 32.4. The Hall–Kier alpha value is -5.32. The molecule has 7 rings (SSSR count). The van der Waals surface area contributed by atoms with Crippen LogP contribution in [0.4, 0.5) is 0 Å². The Morgan fingerprint density at radius 2 is 1.78 bits per heavy atom. The van der Waals surface area contributed by atoms with Crippen LogP contribution >= 0.6 is 11.6 Å². The van der Waals surface area contributed by atoms with Crippen LogP contribution in [0.3, 0.4) is 0 Å². The Kier molecular flexibility index (Phi) is 10.7. The van der Waals surface area contributed by atoms with E-state index in [2.05, 4.69) is 50.6 Å². The second-order valence-electron chi connectivity index (χ2n) is 14.2. The number of aromatic nitrogens is 3. The van der Waals surface area contributed by atoms with Gasteiger partial charge in [-0.05, 0) is 93.0 Å². The second-order valence-corrected chi connectivity index (χ2v) is 14.5. The number of H-pyrrole nitrogens is 1. The summed E-state index contributed by atoms with van der Waals surface area (Å²) in [5.41, 5.74) is 11.1. The van der Waals surface area contributed by atoms with Crippen molar-refractivity contribution in [3.63, 3.8) is 0 Å². The topological polar surface area (TPSA) is 115 Å². The minimum Gasteiger partial charge on any atom is -0.494 e. The van der Waals surface area contributed by atoms with Gasteiger partial charge in [0, 0.05) is 47.4 Å². The summed E-state index contributed by atoms with van der Waals surface area (Å²) in [5.74, 6) is 1.02. The number of para-hydroxylation sites is 1. The molecule has 0 radical (unpaired) electrons. The van der Waals surface area contributed by atoms with E-state index in [1.165, 1.54) is 18.2 Å². The summed E-state index contributed by atoms with van der Waals surface area (Å²) in [7, 11) is 3.30. The molecule has 0 unspecified atom stereocenters. The number of aromatic amines is 1. The van der Waals surface area contributed by atoms with Crippen molar-refractivity contribution in [3.05, 3.63) is 128 Å². The Morgan fingerprint density at radius 1 is 1.02 bits per heavy atom. The Balaban J connectivity index is 1.14. The number of aryl methyl sites for hydroxylation is 5. The number of ether oxygens (including phenoxy) is 2. The van der Waals surface area contributed by atoms with Gasteiger partial charge in [0.1, 0.15) is 28.5 Å². The van der Waals surface area contributed by atoms with Gasteiger partial charge in [0.25, 0.3) is 5.91 Å². The molecule has 11 heteroatoms. The van der Waals surface area contributed by atoms with Crippen molar-refractivity contribution in [2.45, 2.75) is 66.6 Å². The first kappa shape index (κ1) is 37.0. The Morgan fingerprint density at radius 3 is 2.50 bits per heavy atom. The summed E-state index contributed by atoms with van der Waals surface area (Å²) in [4.78, 5) is 32.7. The summed E-state index contributed by atoms with van der Waals surface area (Å²) < 4.78 is 19.4. The Bertz CT molecular complexity index is 2350. The monoisotopic (exact) mass is 747 g/mol. The highest BCUT2D eigenvalue weighted by molar-refractivity contribution is 6.32. The molecule has 280 valence electrons. The molecule has 0 saturated heterocycles. The summed E-state index contributed by atoms with van der Waals surface area (Å²) in [6.45, 7) is 10.6. The fraction of sp³-hybridized carbons (Fsp3) is 0.326. The minimum atomic E-state index is -0.471. The molecule has 54 heavy (non-hydrogen) atoms. The third kappa shape index (κ3) is 7.41. The predicted molar refractivity (Wildman–Crippen MR) is 210 cm³/mol. The molecule has 0 bridgehead atoms. The van der Waals surface area contributed by atoms with E-state index in [0.29, 0.717) is 48.8 Å². The van der Waals surface area contributed by atoms with E-state index in [-0.39, 0.29) is 12.5 Å². The number of halogens is 1. The van der Waals surface area contributed by atoms with Crippen LogP contribution in [0.1, 0.15) is 78.0 Å². The van der Waals surface area contributed by atoms with Crippen molar-refractivity contribution in [1.29, 1.82) is 0 Å². The highest BCUT2D eigenvalue weighted by Gasteiger charge is 2.25. The summed E-state index contributed by atoms with van der Waals surface area (Å²) in [6.07, 6.45) is 2.20. The molecule has 0 spiro atoms. The molecule has 1 aliphatic rings. The molecule has 0 fully saturated rings. The van der Waals surface area contributed by atoms with Crippen molar-refractivity contribution in [1.82, 2.24) is 25.0 Å². The van der Waals surface area contributed by atoms with E-state index in [1.807, 2.05) is 63.7 Å². The summed E-state index contributed by atoms with van der Waals surface area (Å²) in [5, 5.41) is 9.43. The average molecular weight is 748 g/mol. The SMILES string of the molecule is COC(=O)c1cc(CNC(=O)c2[nH]c3c(-c4c(C)nn(C)c4C)cccc3c2CCCOc2cc(C)c(Cl)c(C)c2)oc1CN1CCc2ccccc2C1. The third-order valence-electron chi connectivity index (χ3n) is 10.5. The first-order valence-corrected chi connectivity index (χ1v) is 18.7. The molecule has 0 saturated carbocycles. The molecular formula is C43H46ClN5O5. The molecule has 3 aromatic carbocycles. The fourth-order valence-corrected chi connectivity index (χ4v) is 7.76. The number of methoxy groups -OCH3 is 1. The van der Waals surface area contributed by atoms with Crippen molar-refractivity contribution in [2.24, 2.45) is 7.05 Å². The van der Waals surface area contributed by atoms with Crippen LogP contribution in [0.15, 0.2) is 65.1 Å². The second kappa shape index (κ2) is 15.6. The van der Waals surface area contributed by atoms with E-state index in [0.717, 1.165) is 80.4 Å². The minimum absolute atomic E-state index is 0.0898. The number of amides is 1. The number of rotatable bonds is 12. The number of benzene rings is 3. The standard InChI is InChI=1S/C43H46ClN5O5/c1-25-19-31(20-26(2)39(25)44)53-18-10-15-34-33-13-9-14-35(38-27(3)47-48(5)28(38)4)40(33)46-41(34)42(50)45-22-32-21-36(43(51)52-6)37(54-32)24-49-17-16-29-11-7-8-12-30(29)23-49/h7-9,11-14,19-21,46H,10,15-18,22-24H2,1-6H3,(H,45,50). The van der Waals surface area contributed by atoms with E-state index in [1.54, 1.807) is 6.07 Å². The lowest BCUT2D eigenvalue weighted by Gasteiger charge is -2.28. The van der Waals surface area contributed by atoms with Gasteiger partial charge < -0.3 is 24.2 Å². The average Bonchev–Trinajstić information content (AvgIpc) is 3.83. The lowest BCUT2D eigenvalue weighted by atomic mass is 9.98.